The molecule has 2 amide bonds. The SMILES string of the molecule is COc1ccc([C@@H]2CNCCN2C(=O)CCCN2CCCC2=O)cc1. The summed E-state index contributed by atoms with van der Waals surface area (Å²) in [7, 11) is 1.65. The Kier molecular flexibility index (Phi) is 5.91. The van der Waals surface area contributed by atoms with Crippen molar-refractivity contribution in [1.29, 1.82) is 0 Å². The van der Waals surface area contributed by atoms with Gasteiger partial charge in [0.15, 0.2) is 0 Å². The number of carbonyl (C=O) groups excluding carboxylic acids is 2. The van der Waals surface area contributed by atoms with E-state index in [9.17, 15) is 9.59 Å². The zero-order valence-corrected chi connectivity index (χ0v) is 14.9. The first-order chi connectivity index (χ1) is 12.2. The van der Waals surface area contributed by atoms with E-state index in [1.807, 2.05) is 34.1 Å². The first kappa shape index (κ1) is 17.7. The van der Waals surface area contributed by atoms with E-state index in [-0.39, 0.29) is 17.9 Å². The van der Waals surface area contributed by atoms with E-state index in [0.29, 0.717) is 19.4 Å². The number of hydrogen-bond donors (Lipinski definition) is 1. The third-order valence-corrected chi connectivity index (χ3v) is 5.05. The van der Waals surface area contributed by atoms with Crippen molar-refractivity contribution in [1.82, 2.24) is 15.1 Å². The average molecular weight is 345 g/mol. The van der Waals surface area contributed by atoms with Crippen LogP contribution in [0.15, 0.2) is 24.3 Å². The first-order valence-corrected chi connectivity index (χ1v) is 9.11. The molecule has 0 spiro atoms. The molecule has 1 aromatic rings. The molecule has 6 nitrogen and oxygen atoms in total. The number of nitrogens with zero attached hydrogens (tertiary/aromatic N) is 2. The fourth-order valence-corrected chi connectivity index (χ4v) is 3.63. The molecule has 0 aromatic heterocycles. The molecule has 2 saturated heterocycles. The Bertz CT molecular complexity index is 602. The van der Waals surface area contributed by atoms with Crippen LogP contribution in [-0.4, -0.2) is 61.4 Å². The molecular weight excluding hydrogens is 318 g/mol. The predicted octanol–water partition coefficient (Wildman–Crippen LogP) is 1.57. The van der Waals surface area contributed by atoms with E-state index in [0.717, 1.165) is 50.3 Å². The zero-order chi connectivity index (χ0) is 17.6. The highest BCUT2D eigenvalue weighted by atomic mass is 16.5. The second-order valence-corrected chi connectivity index (χ2v) is 6.67. The lowest BCUT2D eigenvalue weighted by Crippen LogP contribution is -2.48. The van der Waals surface area contributed by atoms with Gasteiger partial charge in [-0.25, -0.2) is 0 Å². The number of benzene rings is 1. The normalized spacial score (nSPS) is 20.8. The number of piperazine rings is 1. The summed E-state index contributed by atoms with van der Waals surface area (Å²) in [6.07, 6.45) is 2.84. The van der Waals surface area contributed by atoms with E-state index in [2.05, 4.69) is 5.32 Å². The molecule has 0 saturated carbocycles. The number of ether oxygens (including phenoxy) is 1. The monoisotopic (exact) mass is 345 g/mol. The Morgan fingerprint density at radius 3 is 2.76 bits per heavy atom. The Hall–Kier alpha value is -2.08. The summed E-state index contributed by atoms with van der Waals surface area (Å²) >= 11 is 0. The van der Waals surface area contributed by atoms with Crippen molar-refractivity contribution in [2.75, 3.05) is 39.8 Å². The van der Waals surface area contributed by atoms with Gasteiger partial charge >= 0.3 is 0 Å². The van der Waals surface area contributed by atoms with E-state index in [4.69, 9.17) is 4.74 Å². The molecule has 25 heavy (non-hydrogen) atoms. The number of rotatable bonds is 6. The Morgan fingerprint density at radius 1 is 1.28 bits per heavy atom. The van der Waals surface area contributed by atoms with Gasteiger partial charge in [0, 0.05) is 45.6 Å². The lowest BCUT2D eigenvalue weighted by atomic mass is 10.0. The van der Waals surface area contributed by atoms with E-state index >= 15 is 0 Å². The molecule has 3 rings (SSSR count). The topological polar surface area (TPSA) is 61.9 Å². The number of amides is 2. The summed E-state index contributed by atoms with van der Waals surface area (Å²) in [5, 5.41) is 3.38. The molecule has 6 heteroatoms. The molecule has 0 bridgehead atoms. The number of likely N-dealkylation sites (tertiary alicyclic amines) is 1. The Labute approximate surface area is 149 Å². The number of methoxy groups -OCH3 is 1. The number of hydrogen-bond acceptors (Lipinski definition) is 4. The van der Waals surface area contributed by atoms with E-state index < -0.39 is 0 Å². The highest BCUT2D eigenvalue weighted by molar-refractivity contribution is 5.78. The van der Waals surface area contributed by atoms with Crippen molar-refractivity contribution in [2.24, 2.45) is 0 Å². The van der Waals surface area contributed by atoms with Crippen LogP contribution in [0.5, 0.6) is 5.75 Å². The quantitative estimate of drug-likeness (QED) is 0.850. The molecule has 2 fully saturated rings. The smallest absolute Gasteiger partial charge is 0.223 e. The largest absolute Gasteiger partial charge is 0.497 e. The number of nitrogens with one attached hydrogen (secondary N) is 1. The summed E-state index contributed by atoms with van der Waals surface area (Å²) in [6, 6.07) is 7.98. The Morgan fingerprint density at radius 2 is 2.08 bits per heavy atom. The fourth-order valence-electron chi connectivity index (χ4n) is 3.63. The zero-order valence-electron chi connectivity index (χ0n) is 14.9. The minimum atomic E-state index is 0.0561. The van der Waals surface area contributed by atoms with Gasteiger partial charge < -0.3 is 19.9 Å². The van der Waals surface area contributed by atoms with Gasteiger partial charge in [0.1, 0.15) is 5.75 Å². The van der Waals surface area contributed by atoms with Gasteiger partial charge in [-0.3, -0.25) is 9.59 Å². The molecule has 2 aliphatic heterocycles. The highest BCUT2D eigenvalue weighted by Gasteiger charge is 2.28. The molecule has 2 heterocycles. The van der Waals surface area contributed by atoms with E-state index in [1.54, 1.807) is 7.11 Å². The van der Waals surface area contributed by atoms with Gasteiger partial charge in [-0.15, -0.1) is 0 Å². The highest BCUT2D eigenvalue weighted by Crippen LogP contribution is 2.25. The fraction of sp³-hybridized carbons (Fsp3) is 0.579. The summed E-state index contributed by atoms with van der Waals surface area (Å²) in [6.45, 7) is 3.85. The van der Waals surface area contributed by atoms with Crippen LogP contribution in [0.3, 0.4) is 0 Å². The van der Waals surface area contributed by atoms with E-state index in [1.165, 1.54) is 0 Å². The maximum Gasteiger partial charge on any atom is 0.223 e. The van der Waals surface area contributed by atoms with Crippen molar-refractivity contribution in [3.05, 3.63) is 29.8 Å². The van der Waals surface area contributed by atoms with Crippen molar-refractivity contribution in [3.8, 4) is 5.75 Å². The van der Waals surface area contributed by atoms with Gasteiger partial charge in [-0.1, -0.05) is 12.1 Å². The predicted molar refractivity (Wildman–Crippen MR) is 95.4 cm³/mol. The molecule has 136 valence electrons. The van der Waals surface area contributed by atoms with Crippen LogP contribution < -0.4 is 10.1 Å². The van der Waals surface area contributed by atoms with Crippen LogP contribution in [0.2, 0.25) is 0 Å². The molecule has 0 aliphatic carbocycles. The van der Waals surface area contributed by atoms with Gasteiger partial charge in [-0.05, 0) is 30.5 Å². The second-order valence-electron chi connectivity index (χ2n) is 6.67. The van der Waals surface area contributed by atoms with Crippen molar-refractivity contribution >= 4 is 11.8 Å². The summed E-state index contributed by atoms with van der Waals surface area (Å²) in [5.41, 5.74) is 1.12. The first-order valence-electron chi connectivity index (χ1n) is 9.11. The third-order valence-electron chi connectivity index (χ3n) is 5.05. The van der Waals surface area contributed by atoms with Crippen LogP contribution in [0.25, 0.3) is 0 Å². The molecule has 1 aromatic carbocycles. The minimum absolute atomic E-state index is 0.0561. The lowest BCUT2D eigenvalue weighted by molar-refractivity contribution is -0.135. The standard InChI is InChI=1S/C19H27N3O3/c1-25-16-8-6-15(7-9-16)17-14-20-10-13-22(17)19(24)5-3-12-21-11-2-4-18(21)23/h6-9,17,20H,2-5,10-14H2,1H3/t17-/m0/s1. The van der Waals surface area contributed by atoms with Gasteiger partial charge in [-0.2, -0.15) is 0 Å². The van der Waals surface area contributed by atoms with Crippen LogP contribution >= 0.6 is 0 Å². The molecule has 2 aliphatic rings. The third kappa shape index (κ3) is 4.31. The molecule has 1 N–H and O–H groups in total. The molecule has 1 atom stereocenters. The van der Waals surface area contributed by atoms with Crippen molar-refractivity contribution in [3.63, 3.8) is 0 Å². The van der Waals surface area contributed by atoms with Gasteiger partial charge in [0.25, 0.3) is 0 Å². The lowest BCUT2D eigenvalue weighted by Gasteiger charge is -2.37. The van der Waals surface area contributed by atoms with Crippen molar-refractivity contribution in [2.45, 2.75) is 31.7 Å². The molecular formula is C19H27N3O3. The van der Waals surface area contributed by atoms with Crippen LogP contribution in [0, 0.1) is 0 Å². The van der Waals surface area contributed by atoms with Crippen molar-refractivity contribution < 1.29 is 14.3 Å². The van der Waals surface area contributed by atoms with Crippen LogP contribution in [0.4, 0.5) is 0 Å². The Balaban J connectivity index is 1.57. The van der Waals surface area contributed by atoms with Crippen LogP contribution in [-0.2, 0) is 9.59 Å². The molecule has 0 radical (unpaired) electrons. The minimum Gasteiger partial charge on any atom is -0.497 e. The van der Waals surface area contributed by atoms with Gasteiger partial charge in [0.05, 0.1) is 13.2 Å². The second kappa shape index (κ2) is 8.34. The van der Waals surface area contributed by atoms with Gasteiger partial charge in [0.2, 0.25) is 11.8 Å². The number of carbonyl (C=O) groups is 2. The van der Waals surface area contributed by atoms with Crippen LogP contribution in [0.1, 0.15) is 37.3 Å². The maximum absolute atomic E-state index is 12.7. The summed E-state index contributed by atoms with van der Waals surface area (Å²) in [4.78, 5) is 28.2. The average Bonchev–Trinajstić information content (AvgIpc) is 3.06. The summed E-state index contributed by atoms with van der Waals surface area (Å²) < 4.78 is 5.21. The summed E-state index contributed by atoms with van der Waals surface area (Å²) in [5.74, 6) is 1.22. The molecule has 0 unspecified atom stereocenters. The maximum atomic E-state index is 12.7.